The maximum absolute atomic E-state index is 14.3. The molecule has 1 aliphatic carbocycles. The van der Waals surface area contributed by atoms with Gasteiger partial charge in [-0.1, -0.05) is 84.9 Å². The molecule has 0 radical (unpaired) electrons. The zero-order valence-electron chi connectivity index (χ0n) is 56.3. The van der Waals surface area contributed by atoms with E-state index in [1.807, 2.05) is 103 Å². The third-order valence-corrected chi connectivity index (χ3v) is 21.2. The first-order chi connectivity index (χ1) is 47.4. The molecule has 6 aromatic carbocycles. The number of carboxylic acid groups (broad SMARTS) is 1. The predicted octanol–water partition coefficient (Wildman–Crippen LogP) is 12.9. The number of anilines is 2. The summed E-state index contributed by atoms with van der Waals surface area (Å²) in [6.07, 6.45) is -4.15. The van der Waals surface area contributed by atoms with Gasteiger partial charge in [0.1, 0.15) is 24.8 Å². The second-order valence-electron chi connectivity index (χ2n) is 27.3. The molecule has 1 spiro atoms. The van der Waals surface area contributed by atoms with Crippen LogP contribution in [-0.2, 0) is 48.9 Å². The number of para-hydroxylation sites is 1. The molecule has 5 amide bonds. The van der Waals surface area contributed by atoms with Crippen LogP contribution >= 0.6 is 0 Å². The van der Waals surface area contributed by atoms with Crippen LogP contribution in [-0.4, -0.2) is 189 Å². The van der Waals surface area contributed by atoms with Crippen molar-refractivity contribution in [3.63, 3.8) is 0 Å². The van der Waals surface area contributed by atoms with Gasteiger partial charge in [0.2, 0.25) is 11.8 Å². The van der Waals surface area contributed by atoms with Crippen molar-refractivity contribution in [3.05, 3.63) is 190 Å². The van der Waals surface area contributed by atoms with E-state index in [9.17, 15) is 59.8 Å². The molecule has 1 N–H and O–H groups in total. The maximum Gasteiger partial charge on any atom is 0.416 e. The van der Waals surface area contributed by atoms with Gasteiger partial charge in [0.05, 0.1) is 29.5 Å². The van der Waals surface area contributed by atoms with Crippen molar-refractivity contribution in [2.45, 2.75) is 106 Å². The second kappa shape index (κ2) is 31.0. The van der Waals surface area contributed by atoms with Gasteiger partial charge in [0.15, 0.2) is 0 Å². The highest BCUT2D eigenvalue weighted by molar-refractivity contribution is 5.96. The first-order valence-corrected chi connectivity index (χ1v) is 34.3. The van der Waals surface area contributed by atoms with Gasteiger partial charge in [0, 0.05) is 120 Å². The number of nitrogens with zero attached hydrogens (tertiary/aromatic N) is 8. The number of amides is 5. The molecule has 16 nitrogen and oxygen atoms in total. The van der Waals surface area contributed by atoms with Gasteiger partial charge >= 0.3 is 18.4 Å². The lowest BCUT2D eigenvalue weighted by atomic mass is 9.72. The fourth-order valence-corrected chi connectivity index (χ4v) is 15.2. The fraction of sp³-hybridized carbons (Fsp3) is 0.461. The van der Waals surface area contributed by atoms with Crippen LogP contribution < -0.4 is 9.80 Å². The Kier molecular flexibility index (Phi) is 22.5. The Morgan fingerprint density at radius 2 is 1.26 bits per heavy atom. The number of piperidine rings is 3. The van der Waals surface area contributed by atoms with E-state index in [0.29, 0.717) is 119 Å². The van der Waals surface area contributed by atoms with E-state index in [1.165, 1.54) is 29.2 Å². The average molecular weight is 1370 g/mol. The van der Waals surface area contributed by atoms with E-state index >= 15 is 0 Å². The maximum atomic E-state index is 14.3. The van der Waals surface area contributed by atoms with Gasteiger partial charge in [-0.2, -0.15) is 26.3 Å². The predicted molar refractivity (Wildman–Crippen MR) is 363 cm³/mol. The number of hydrogen-bond acceptors (Lipinski definition) is 10. The molecule has 2 atom stereocenters. The molecule has 23 heteroatoms. The van der Waals surface area contributed by atoms with Crippen molar-refractivity contribution in [1.29, 1.82) is 0 Å². The van der Waals surface area contributed by atoms with Crippen LogP contribution in [0.25, 0.3) is 11.1 Å². The van der Waals surface area contributed by atoms with E-state index in [2.05, 4.69) is 26.8 Å². The monoisotopic (exact) mass is 1370 g/mol. The number of carbonyl (C=O) groups excluding carboxylic acids is 4. The Labute approximate surface area is 573 Å². The van der Waals surface area contributed by atoms with Crippen LogP contribution in [0.4, 0.5) is 46.9 Å². The zero-order valence-corrected chi connectivity index (χ0v) is 56.3. The Hall–Kier alpha value is -8.38. The number of ether oxygens (including phenoxy) is 2. The van der Waals surface area contributed by atoms with E-state index in [-0.39, 0.29) is 55.5 Å². The molecule has 4 fully saturated rings. The number of likely N-dealkylation sites (N-methyl/N-ethyl adjacent to an activating group) is 2. The topological polar surface area (TPSA) is 150 Å². The van der Waals surface area contributed by atoms with Gasteiger partial charge in [-0.3, -0.25) is 24.1 Å². The van der Waals surface area contributed by atoms with Crippen LogP contribution in [0.5, 0.6) is 0 Å². The molecule has 4 aliphatic heterocycles. The Bertz CT molecular complexity index is 3750. The summed E-state index contributed by atoms with van der Waals surface area (Å²) in [5.74, 6) is -1.35. The van der Waals surface area contributed by atoms with E-state index in [1.54, 1.807) is 23.9 Å². The van der Waals surface area contributed by atoms with Gasteiger partial charge in [-0.25, -0.2) is 9.18 Å². The van der Waals surface area contributed by atoms with Gasteiger partial charge < -0.3 is 48.9 Å². The van der Waals surface area contributed by atoms with Gasteiger partial charge in [-0.15, -0.1) is 0 Å². The number of alkyl halides is 6. The molecular formula is C76H87F7N8O8. The summed E-state index contributed by atoms with van der Waals surface area (Å²) in [4.78, 5) is 81.8. The lowest BCUT2D eigenvalue weighted by Crippen LogP contribution is -2.50. The molecule has 4 saturated heterocycles. The summed E-state index contributed by atoms with van der Waals surface area (Å²) >= 11 is 0. The molecule has 0 aromatic heterocycles. The highest BCUT2D eigenvalue weighted by Gasteiger charge is 2.50. The number of carbonyl (C=O) groups is 5. The standard InChI is InChI=1S/C76H87F7N8O8/c1-84(35-11-36-86(3)70(94)55-19-25-62(26-20-55)89-39-28-53(29-40-89)18-27-68(92)85(2)44-45-87-37-30-63(31-38-87)91(72(96)97)66-17-10-8-15-64(66)54-12-5-4-6-13-54)69(93)50-98-67-48-56-14-7-9-16-65(56)73(67)32-41-88(42-33-73)43-34-74(58-21-23-61(77)24-22-58)51-90(52-99-74)71(95)57-46-59(75(78,79)80)49-60(47-57)76(81,82)83/h4-10,12-17,19-26,46-47,49,53,63,67H,11,18,27-45,48,50-52H2,1-3H3,(H,96,97)/t67-,74-/m0/s1. The smallest absolute Gasteiger partial charge is 0.416 e. The normalized spacial score (nSPS) is 19.3. The van der Waals surface area contributed by atoms with E-state index < -0.39 is 64.6 Å². The van der Waals surface area contributed by atoms with Crippen LogP contribution in [0.1, 0.15) is 113 Å². The van der Waals surface area contributed by atoms with Crippen molar-refractivity contribution < 1.29 is 69.3 Å². The van der Waals surface area contributed by atoms with Crippen LogP contribution in [0.2, 0.25) is 0 Å². The molecule has 99 heavy (non-hydrogen) atoms. The molecule has 6 aromatic rings. The molecule has 0 saturated carbocycles. The third-order valence-electron chi connectivity index (χ3n) is 21.2. The summed E-state index contributed by atoms with van der Waals surface area (Å²) in [6, 6.07) is 39.5. The number of likely N-dealkylation sites (tertiary alicyclic amines) is 2. The van der Waals surface area contributed by atoms with E-state index in [0.717, 1.165) is 84.8 Å². The van der Waals surface area contributed by atoms with E-state index in [4.69, 9.17) is 9.47 Å². The summed E-state index contributed by atoms with van der Waals surface area (Å²) in [5, 5.41) is 10.4. The molecule has 11 rings (SSSR count). The SMILES string of the molecule is CN(CCN1CCC(N(C(=O)O)c2ccccc2-c2ccccc2)CC1)C(=O)CCC1CCN(c2ccc(C(=O)N(C)CCCN(C)C(=O)CO[C@H]3Cc4ccccc4C34CCN(CC[C@@]3(c5ccc(F)cc5)CN(C(=O)c5cc(C(F)(F)F)cc(C(F)(F)F)c5)CO3)CC4)cc2)CC1. The van der Waals surface area contributed by atoms with Crippen molar-refractivity contribution in [2.24, 2.45) is 5.92 Å². The number of rotatable bonds is 23. The minimum atomic E-state index is -5.15. The molecule has 528 valence electrons. The van der Waals surface area contributed by atoms with Crippen LogP contribution in [0.15, 0.2) is 146 Å². The number of benzene rings is 6. The highest BCUT2D eigenvalue weighted by atomic mass is 19.4. The lowest BCUT2D eigenvalue weighted by Gasteiger charge is -2.44. The number of fused-ring (bicyclic) bond motifs is 2. The summed E-state index contributed by atoms with van der Waals surface area (Å²) < 4.78 is 110. The summed E-state index contributed by atoms with van der Waals surface area (Å²) in [5.41, 5.74) is 1.28. The first kappa shape index (κ1) is 71.9. The molecule has 0 unspecified atom stereocenters. The average Bonchev–Trinajstić information content (AvgIpc) is 1.64. The number of hydrogen-bond donors (Lipinski definition) is 1. The first-order valence-electron chi connectivity index (χ1n) is 34.3. The zero-order chi connectivity index (χ0) is 70.2. The van der Waals surface area contributed by atoms with Crippen molar-refractivity contribution in [1.82, 2.24) is 29.4 Å². The van der Waals surface area contributed by atoms with Gasteiger partial charge in [-0.05, 0) is 166 Å². The molecule has 5 aliphatic rings. The fourth-order valence-electron chi connectivity index (χ4n) is 15.2. The lowest BCUT2D eigenvalue weighted by molar-refractivity contribution is -0.143. The highest BCUT2D eigenvalue weighted by Crippen LogP contribution is 2.49. The quantitative estimate of drug-likeness (QED) is 0.0611. The van der Waals surface area contributed by atoms with Crippen LogP contribution in [0.3, 0.4) is 0 Å². The van der Waals surface area contributed by atoms with Crippen molar-refractivity contribution >= 4 is 41.1 Å². The summed E-state index contributed by atoms with van der Waals surface area (Å²) in [7, 11) is 5.35. The largest absolute Gasteiger partial charge is 0.465 e. The Balaban J connectivity index is 0.589. The van der Waals surface area contributed by atoms with Crippen molar-refractivity contribution in [3.8, 4) is 11.1 Å². The van der Waals surface area contributed by atoms with Gasteiger partial charge in [0.25, 0.3) is 11.8 Å². The summed E-state index contributed by atoms with van der Waals surface area (Å²) in [6.45, 7) is 6.21. The second-order valence-corrected chi connectivity index (χ2v) is 27.3. The van der Waals surface area contributed by atoms with Crippen LogP contribution in [0, 0.1) is 11.7 Å². The minimum absolute atomic E-state index is 0.0276. The molecule has 0 bridgehead atoms. The molecular weight excluding hydrogens is 1290 g/mol. The third kappa shape index (κ3) is 16.9. The number of halogens is 7. The minimum Gasteiger partial charge on any atom is -0.465 e. The van der Waals surface area contributed by atoms with Crippen molar-refractivity contribution in [2.75, 3.05) is 123 Å². The molecule has 4 heterocycles. The Morgan fingerprint density at radius 3 is 1.93 bits per heavy atom. The Morgan fingerprint density at radius 1 is 0.646 bits per heavy atom.